The molecule has 0 saturated heterocycles. The summed E-state index contributed by atoms with van der Waals surface area (Å²) in [5.41, 5.74) is 2.63. The van der Waals surface area contributed by atoms with Crippen LogP contribution in [0.2, 0.25) is 0 Å². The Morgan fingerprint density at radius 1 is 0.800 bits per heavy atom. The summed E-state index contributed by atoms with van der Waals surface area (Å²) >= 11 is 0. The van der Waals surface area contributed by atoms with Crippen LogP contribution in [0.15, 0.2) is 0 Å². The van der Waals surface area contributed by atoms with Crippen molar-refractivity contribution in [1.82, 2.24) is 9.13 Å². The summed E-state index contributed by atoms with van der Waals surface area (Å²) in [5.74, 6) is 2.34. The zero-order chi connectivity index (χ0) is 17.5. The Balaban J connectivity index is 1.51. The average molecular weight is 344 g/mol. The van der Waals surface area contributed by atoms with Gasteiger partial charge in [-0.2, -0.15) is 0 Å². The molecular formula is C19H24N2O4. The van der Waals surface area contributed by atoms with Crippen LogP contribution in [-0.4, -0.2) is 29.6 Å². The Hall–Kier alpha value is -2.24. The van der Waals surface area contributed by atoms with E-state index in [2.05, 4.69) is 0 Å². The predicted octanol–water partition coefficient (Wildman–Crippen LogP) is 2.58. The maximum atomic E-state index is 10.7. The topological polar surface area (TPSA) is 90.8 Å². The highest BCUT2D eigenvalue weighted by Gasteiger charge is 2.41. The SMILES string of the molecule is Cn1c(O)c2c(c1O)Cc1c(c(O)n(CC3CC4CCC3C4)c1O)C2. The van der Waals surface area contributed by atoms with Gasteiger partial charge in [0.1, 0.15) is 0 Å². The van der Waals surface area contributed by atoms with Gasteiger partial charge in [0.05, 0.1) is 0 Å². The second-order valence-electron chi connectivity index (χ2n) is 8.17. The van der Waals surface area contributed by atoms with Crippen LogP contribution in [0.1, 0.15) is 47.9 Å². The van der Waals surface area contributed by atoms with Gasteiger partial charge in [-0.15, -0.1) is 0 Å². The van der Waals surface area contributed by atoms with E-state index in [9.17, 15) is 20.4 Å². The number of aromatic hydroxyl groups is 4. The molecule has 2 bridgehead atoms. The summed E-state index contributed by atoms with van der Waals surface area (Å²) < 4.78 is 2.99. The molecule has 3 aliphatic carbocycles. The third kappa shape index (κ3) is 1.91. The van der Waals surface area contributed by atoms with Crippen molar-refractivity contribution in [2.24, 2.45) is 24.8 Å². The van der Waals surface area contributed by atoms with Crippen LogP contribution in [0.25, 0.3) is 0 Å². The summed E-state index contributed by atoms with van der Waals surface area (Å²) in [6.07, 6.45) is 5.74. The molecule has 2 aromatic heterocycles. The van der Waals surface area contributed by atoms with Crippen LogP contribution in [0.3, 0.4) is 0 Å². The highest BCUT2D eigenvalue weighted by atomic mass is 16.3. The summed E-state index contributed by atoms with van der Waals surface area (Å²) in [4.78, 5) is 0. The van der Waals surface area contributed by atoms with Crippen LogP contribution >= 0.6 is 0 Å². The van der Waals surface area contributed by atoms with Gasteiger partial charge in [-0.3, -0.25) is 9.13 Å². The number of hydrogen-bond acceptors (Lipinski definition) is 4. The maximum Gasteiger partial charge on any atom is 0.197 e. The molecule has 3 aliphatic rings. The van der Waals surface area contributed by atoms with Crippen molar-refractivity contribution in [3.63, 3.8) is 0 Å². The molecule has 2 aromatic rings. The Kier molecular flexibility index (Phi) is 2.95. The lowest BCUT2D eigenvalue weighted by molar-refractivity contribution is 0.264. The smallest absolute Gasteiger partial charge is 0.197 e. The maximum absolute atomic E-state index is 10.7. The fourth-order valence-electron chi connectivity index (χ4n) is 5.58. The molecule has 0 radical (unpaired) electrons. The molecule has 0 spiro atoms. The van der Waals surface area contributed by atoms with Gasteiger partial charge in [0.25, 0.3) is 0 Å². The number of fused-ring (bicyclic) bond motifs is 4. The highest BCUT2D eigenvalue weighted by molar-refractivity contribution is 5.60. The predicted molar refractivity (Wildman–Crippen MR) is 91.1 cm³/mol. The summed E-state index contributed by atoms with van der Waals surface area (Å²) in [6, 6.07) is 0. The Morgan fingerprint density at radius 3 is 1.84 bits per heavy atom. The quantitative estimate of drug-likeness (QED) is 0.575. The van der Waals surface area contributed by atoms with Crippen molar-refractivity contribution in [2.45, 2.75) is 45.1 Å². The lowest BCUT2D eigenvalue weighted by atomic mass is 9.89. The minimum atomic E-state index is 0.0258. The first kappa shape index (κ1) is 15.0. The van der Waals surface area contributed by atoms with Gasteiger partial charge < -0.3 is 20.4 Å². The van der Waals surface area contributed by atoms with E-state index in [-0.39, 0.29) is 23.5 Å². The highest BCUT2D eigenvalue weighted by Crippen LogP contribution is 2.51. The largest absolute Gasteiger partial charge is 0.494 e. The normalized spacial score (nSPS) is 26.8. The Morgan fingerprint density at radius 2 is 1.36 bits per heavy atom. The molecule has 3 unspecified atom stereocenters. The van der Waals surface area contributed by atoms with Crippen molar-refractivity contribution in [2.75, 3.05) is 0 Å². The van der Waals surface area contributed by atoms with Gasteiger partial charge in [0.2, 0.25) is 0 Å². The van der Waals surface area contributed by atoms with E-state index in [0.717, 1.165) is 11.8 Å². The molecule has 25 heavy (non-hydrogen) atoms. The van der Waals surface area contributed by atoms with E-state index in [4.69, 9.17) is 0 Å². The Bertz CT molecular complexity index is 826. The van der Waals surface area contributed by atoms with Crippen LogP contribution in [0.5, 0.6) is 23.5 Å². The van der Waals surface area contributed by atoms with E-state index in [1.165, 1.54) is 30.3 Å². The van der Waals surface area contributed by atoms with Crippen LogP contribution in [0.4, 0.5) is 0 Å². The van der Waals surface area contributed by atoms with Gasteiger partial charge in [-0.1, -0.05) is 6.42 Å². The molecular weight excluding hydrogens is 320 g/mol. The van der Waals surface area contributed by atoms with E-state index >= 15 is 0 Å². The second-order valence-corrected chi connectivity index (χ2v) is 8.17. The molecule has 6 heteroatoms. The number of rotatable bonds is 2. The average Bonchev–Trinajstić information content (AvgIpc) is 3.33. The van der Waals surface area contributed by atoms with Gasteiger partial charge in [0, 0.05) is 48.7 Å². The van der Waals surface area contributed by atoms with Crippen molar-refractivity contribution in [1.29, 1.82) is 0 Å². The van der Waals surface area contributed by atoms with Crippen molar-refractivity contribution in [3.05, 3.63) is 22.3 Å². The van der Waals surface area contributed by atoms with Crippen LogP contribution in [-0.2, 0) is 26.4 Å². The standard InChI is InChI=1S/C19H24N2O4/c1-20-16(22)12-6-14-15(7-13(12)17(20)23)19(25)21(18(14)24)8-11-5-9-2-3-10(11)4-9/h9-11,22-25H,2-8H2,1H3. The van der Waals surface area contributed by atoms with Gasteiger partial charge in [-0.25, -0.2) is 0 Å². The van der Waals surface area contributed by atoms with Crippen molar-refractivity contribution < 1.29 is 20.4 Å². The second kappa shape index (κ2) is 4.90. The zero-order valence-corrected chi connectivity index (χ0v) is 14.4. The first-order valence-corrected chi connectivity index (χ1v) is 9.16. The lowest BCUT2D eigenvalue weighted by Gasteiger charge is -2.22. The third-order valence-electron chi connectivity index (χ3n) is 6.96. The fourth-order valence-corrected chi connectivity index (χ4v) is 5.58. The van der Waals surface area contributed by atoms with E-state index in [0.29, 0.717) is 47.6 Å². The molecule has 6 nitrogen and oxygen atoms in total. The molecule has 3 atom stereocenters. The molecule has 2 heterocycles. The molecule has 4 N–H and O–H groups in total. The lowest BCUT2D eigenvalue weighted by Crippen LogP contribution is -2.16. The van der Waals surface area contributed by atoms with Gasteiger partial charge in [-0.05, 0) is 37.0 Å². The molecule has 2 saturated carbocycles. The minimum Gasteiger partial charge on any atom is -0.494 e. The number of aromatic nitrogens is 2. The van der Waals surface area contributed by atoms with E-state index < -0.39 is 0 Å². The van der Waals surface area contributed by atoms with Crippen LogP contribution in [0, 0.1) is 17.8 Å². The minimum absolute atomic E-state index is 0.0258. The molecule has 5 rings (SSSR count). The fraction of sp³-hybridized carbons (Fsp3) is 0.579. The zero-order valence-electron chi connectivity index (χ0n) is 14.4. The first-order chi connectivity index (χ1) is 12.0. The first-order valence-electron chi connectivity index (χ1n) is 9.16. The van der Waals surface area contributed by atoms with Gasteiger partial charge in [0.15, 0.2) is 23.5 Å². The van der Waals surface area contributed by atoms with Gasteiger partial charge >= 0.3 is 0 Å². The molecule has 134 valence electrons. The van der Waals surface area contributed by atoms with E-state index in [1.807, 2.05) is 0 Å². The molecule has 0 amide bonds. The van der Waals surface area contributed by atoms with Crippen molar-refractivity contribution in [3.8, 4) is 23.5 Å². The van der Waals surface area contributed by atoms with Crippen LogP contribution < -0.4 is 0 Å². The van der Waals surface area contributed by atoms with Crippen molar-refractivity contribution >= 4 is 0 Å². The monoisotopic (exact) mass is 344 g/mol. The number of nitrogens with zero attached hydrogens (tertiary/aromatic N) is 2. The number of hydrogen-bond donors (Lipinski definition) is 4. The Labute approximate surface area is 146 Å². The molecule has 0 aromatic carbocycles. The summed E-state index contributed by atoms with van der Waals surface area (Å²) in [7, 11) is 1.60. The summed E-state index contributed by atoms with van der Waals surface area (Å²) in [6.45, 7) is 0.655. The van der Waals surface area contributed by atoms with E-state index in [1.54, 1.807) is 11.6 Å². The summed E-state index contributed by atoms with van der Waals surface area (Å²) in [5, 5.41) is 41.9. The molecule has 0 aliphatic heterocycles. The third-order valence-corrected chi connectivity index (χ3v) is 6.96. The molecule has 2 fully saturated rings.